The van der Waals surface area contributed by atoms with Gasteiger partial charge in [0.2, 0.25) is 0 Å². The monoisotopic (exact) mass is 430 g/mol. The zero-order valence-electron chi connectivity index (χ0n) is 17.4. The Labute approximate surface area is 178 Å². The number of carbonyl (C=O) groups excluding carboxylic acids is 2. The molecule has 3 rings (SSSR count). The van der Waals surface area contributed by atoms with Crippen LogP contribution in [0.4, 0.5) is 24.5 Å². The molecule has 0 atom stereocenters. The van der Waals surface area contributed by atoms with E-state index in [9.17, 15) is 22.8 Å². The summed E-state index contributed by atoms with van der Waals surface area (Å²) in [7, 11) is 4.97. The summed E-state index contributed by atoms with van der Waals surface area (Å²) >= 11 is 0. The molecule has 31 heavy (non-hydrogen) atoms. The molecule has 1 amide bonds. The first-order valence-electron chi connectivity index (χ1n) is 9.35. The Hall–Kier alpha value is -3.55. The van der Waals surface area contributed by atoms with Gasteiger partial charge in [-0.2, -0.15) is 13.2 Å². The van der Waals surface area contributed by atoms with Crippen LogP contribution in [0.2, 0.25) is 0 Å². The van der Waals surface area contributed by atoms with Gasteiger partial charge in [-0.25, -0.2) is 4.79 Å². The molecular weight excluding hydrogens is 409 g/mol. The second-order valence-corrected chi connectivity index (χ2v) is 7.18. The first kappa shape index (κ1) is 22.1. The van der Waals surface area contributed by atoms with Gasteiger partial charge in [-0.1, -0.05) is 18.2 Å². The molecule has 0 spiro atoms. The SMILES string of the molecule is COC(=O)C1=C(C)N(c2cccc(C(F)(F)F)c2)C(=O)/C1=C\c1ccc(N(C)C)cc1. The highest BCUT2D eigenvalue weighted by Crippen LogP contribution is 2.38. The molecular formula is C23H21F3N2O3. The van der Waals surface area contributed by atoms with E-state index in [4.69, 9.17) is 4.74 Å². The van der Waals surface area contributed by atoms with Crippen molar-refractivity contribution < 1.29 is 27.5 Å². The van der Waals surface area contributed by atoms with Crippen LogP contribution in [0.25, 0.3) is 6.08 Å². The van der Waals surface area contributed by atoms with E-state index in [-0.39, 0.29) is 22.5 Å². The normalized spacial score (nSPS) is 15.6. The Morgan fingerprint density at radius 3 is 2.29 bits per heavy atom. The summed E-state index contributed by atoms with van der Waals surface area (Å²) < 4.78 is 44.3. The van der Waals surface area contributed by atoms with Gasteiger partial charge in [0.15, 0.2) is 0 Å². The van der Waals surface area contributed by atoms with Crippen LogP contribution in [0, 0.1) is 0 Å². The highest BCUT2D eigenvalue weighted by Gasteiger charge is 2.39. The van der Waals surface area contributed by atoms with E-state index in [2.05, 4.69) is 0 Å². The van der Waals surface area contributed by atoms with Crippen molar-refractivity contribution in [1.29, 1.82) is 0 Å². The van der Waals surface area contributed by atoms with Crippen molar-refractivity contribution >= 4 is 29.3 Å². The minimum absolute atomic E-state index is 0.0154. The van der Waals surface area contributed by atoms with Crippen molar-refractivity contribution in [2.45, 2.75) is 13.1 Å². The van der Waals surface area contributed by atoms with Crippen LogP contribution < -0.4 is 9.80 Å². The number of allylic oxidation sites excluding steroid dienone is 1. The number of halogens is 3. The van der Waals surface area contributed by atoms with Crippen molar-refractivity contribution in [3.05, 3.63) is 76.5 Å². The maximum atomic E-state index is 13.2. The highest BCUT2D eigenvalue weighted by molar-refractivity contribution is 6.23. The number of alkyl halides is 3. The van der Waals surface area contributed by atoms with E-state index in [1.807, 2.05) is 31.1 Å². The molecule has 0 radical (unpaired) electrons. The molecule has 2 aromatic rings. The van der Waals surface area contributed by atoms with Crippen LogP contribution in [0.5, 0.6) is 0 Å². The Morgan fingerprint density at radius 1 is 1.10 bits per heavy atom. The predicted octanol–water partition coefficient (Wildman–Crippen LogP) is 4.65. The van der Waals surface area contributed by atoms with E-state index in [0.717, 1.165) is 22.7 Å². The summed E-state index contributed by atoms with van der Waals surface area (Å²) in [6.07, 6.45) is -3.03. The summed E-state index contributed by atoms with van der Waals surface area (Å²) in [6.45, 7) is 1.50. The molecule has 5 nitrogen and oxygen atoms in total. The number of methoxy groups -OCH3 is 1. The van der Waals surface area contributed by atoms with E-state index < -0.39 is 23.6 Å². The molecule has 0 fully saturated rings. The van der Waals surface area contributed by atoms with Gasteiger partial charge >= 0.3 is 12.1 Å². The molecule has 0 saturated heterocycles. The fourth-order valence-electron chi connectivity index (χ4n) is 3.35. The third kappa shape index (κ3) is 4.33. The lowest BCUT2D eigenvalue weighted by atomic mass is 10.0. The molecule has 0 aliphatic carbocycles. The third-order valence-corrected chi connectivity index (χ3v) is 4.94. The van der Waals surface area contributed by atoms with Gasteiger partial charge in [0.05, 0.1) is 23.8 Å². The summed E-state index contributed by atoms with van der Waals surface area (Å²) in [5.74, 6) is -1.34. The largest absolute Gasteiger partial charge is 0.465 e. The van der Waals surface area contributed by atoms with Gasteiger partial charge < -0.3 is 9.64 Å². The van der Waals surface area contributed by atoms with Gasteiger partial charge in [0.25, 0.3) is 5.91 Å². The van der Waals surface area contributed by atoms with Crippen molar-refractivity contribution in [3.63, 3.8) is 0 Å². The molecule has 0 bridgehead atoms. The van der Waals surface area contributed by atoms with Crippen molar-refractivity contribution in [1.82, 2.24) is 0 Å². The van der Waals surface area contributed by atoms with Crippen molar-refractivity contribution in [2.75, 3.05) is 31.0 Å². The van der Waals surface area contributed by atoms with E-state index in [0.29, 0.717) is 5.56 Å². The predicted molar refractivity (Wildman–Crippen MR) is 112 cm³/mol. The number of carbonyl (C=O) groups is 2. The quantitative estimate of drug-likeness (QED) is 0.524. The molecule has 0 saturated carbocycles. The van der Waals surface area contributed by atoms with E-state index in [1.54, 1.807) is 12.1 Å². The average molecular weight is 430 g/mol. The summed E-state index contributed by atoms with van der Waals surface area (Å²) in [5, 5.41) is 0. The molecule has 0 aromatic heterocycles. The Balaban J connectivity index is 2.10. The number of benzene rings is 2. The van der Waals surface area contributed by atoms with Crippen LogP contribution in [0.15, 0.2) is 65.4 Å². The molecule has 2 aromatic carbocycles. The van der Waals surface area contributed by atoms with Gasteiger partial charge in [-0.05, 0) is 48.9 Å². The van der Waals surface area contributed by atoms with Crippen LogP contribution in [-0.4, -0.2) is 33.1 Å². The molecule has 1 aliphatic heterocycles. The highest BCUT2D eigenvalue weighted by atomic mass is 19.4. The van der Waals surface area contributed by atoms with E-state index >= 15 is 0 Å². The second kappa shape index (κ2) is 8.29. The molecule has 0 N–H and O–H groups in total. The Morgan fingerprint density at radius 2 is 1.74 bits per heavy atom. The first-order chi connectivity index (χ1) is 14.5. The summed E-state index contributed by atoms with van der Waals surface area (Å²) in [6, 6.07) is 11.7. The number of nitrogens with zero attached hydrogens (tertiary/aromatic N) is 2. The first-order valence-corrected chi connectivity index (χ1v) is 9.35. The van der Waals surface area contributed by atoms with Crippen LogP contribution >= 0.6 is 0 Å². The van der Waals surface area contributed by atoms with Crippen LogP contribution in [0.1, 0.15) is 18.1 Å². The van der Waals surface area contributed by atoms with Gasteiger partial charge in [0.1, 0.15) is 0 Å². The average Bonchev–Trinajstić information content (AvgIpc) is 2.97. The minimum atomic E-state index is -4.56. The lowest BCUT2D eigenvalue weighted by Crippen LogP contribution is -2.24. The molecule has 1 aliphatic rings. The number of amides is 1. The maximum absolute atomic E-state index is 13.2. The number of rotatable bonds is 4. The number of ether oxygens (including phenoxy) is 1. The van der Waals surface area contributed by atoms with Crippen molar-refractivity contribution in [3.8, 4) is 0 Å². The van der Waals surface area contributed by atoms with Crippen molar-refractivity contribution in [2.24, 2.45) is 0 Å². The second-order valence-electron chi connectivity index (χ2n) is 7.18. The smallest absolute Gasteiger partial charge is 0.416 e. The van der Waals surface area contributed by atoms with E-state index in [1.165, 1.54) is 32.2 Å². The van der Waals surface area contributed by atoms with Gasteiger partial charge in [-0.3, -0.25) is 9.69 Å². The number of hydrogen-bond acceptors (Lipinski definition) is 4. The fraction of sp³-hybridized carbons (Fsp3) is 0.217. The van der Waals surface area contributed by atoms with Crippen LogP contribution in [-0.2, 0) is 20.5 Å². The molecule has 1 heterocycles. The lowest BCUT2D eigenvalue weighted by molar-refractivity contribution is -0.137. The van der Waals surface area contributed by atoms with Crippen LogP contribution in [0.3, 0.4) is 0 Å². The Bertz CT molecular complexity index is 1080. The standard InChI is InChI=1S/C23H21F3N2O3/c1-14-20(22(30)31-4)19(12-15-8-10-17(11-9-15)27(2)3)21(29)28(14)18-7-5-6-16(13-18)23(24,25)26/h5-13H,1-4H3/b19-12-. The lowest BCUT2D eigenvalue weighted by Gasteiger charge is -2.19. The van der Waals surface area contributed by atoms with Gasteiger partial charge in [0, 0.05) is 31.2 Å². The minimum Gasteiger partial charge on any atom is -0.465 e. The number of hydrogen-bond donors (Lipinski definition) is 0. The molecule has 162 valence electrons. The zero-order chi connectivity index (χ0) is 22.9. The third-order valence-electron chi connectivity index (χ3n) is 4.94. The molecule has 8 heteroatoms. The summed E-state index contributed by atoms with van der Waals surface area (Å²) in [5.41, 5.74) is 1.01. The van der Waals surface area contributed by atoms with Gasteiger partial charge in [-0.15, -0.1) is 0 Å². The number of anilines is 2. The Kier molecular flexibility index (Phi) is 5.92. The maximum Gasteiger partial charge on any atom is 0.416 e. The fourth-order valence-corrected chi connectivity index (χ4v) is 3.35. The summed E-state index contributed by atoms with van der Waals surface area (Å²) in [4.78, 5) is 28.6. The molecule has 0 unspecified atom stereocenters. The number of esters is 1. The topological polar surface area (TPSA) is 49.9 Å². The zero-order valence-corrected chi connectivity index (χ0v) is 17.4.